The largest absolute Gasteiger partial charge is 0.481 e. The number of carboxylic acid groups (broad SMARTS) is 2. The first kappa shape index (κ1) is 47.7. The number of hydrogen-bond acceptors (Lipinski definition) is 11. The van der Waals surface area contributed by atoms with E-state index < -0.39 is 133 Å². The first-order valence-corrected chi connectivity index (χ1v) is 16.9. The summed E-state index contributed by atoms with van der Waals surface area (Å²) in [5.74, 6) is -11.6. The number of carboxylic acids is 2. The van der Waals surface area contributed by atoms with Gasteiger partial charge in [0.05, 0.1) is 25.4 Å². The summed E-state index contributed by atoms with van der Waals surface area (Å²) in [5.41, 5.74) is 10.7. The Kier molecular flexibility index (Phi) is 20.3. The van der Waals surface area contributed by atoms with Crippen molar-refractivity contribution in [1.82, 2.24) is 37.2 Å². The van der Waals surface area contributed by atoms with Crippen LogP contribution in [0.4, 0.5) is 0 Å². The Labute approximate surface area is 307 Å². The van der Waals surface area contributed by atoms with Gasteiger partial charge in [-0.3, -0.25) is 43.2 Å². The van der Waals surface area contributed by atoms with Gasteiger partial charge in [-0.15, -0.1) is 0 Å². The van der Waals surface area contributed by atoms with Crippen LogP contribution in [0.1, 0.15) is 74.7 Å². The zero-order valence-corrected chi connectivity index (χ0v) is 31.2. The van der Waals surface area contributed by atoms with Crippen molar-refractivity contribution in [3.05, 3.63) is 0 Å². The van der Waals surface area contributed by atoms with Gasteiger partial charge in [0.2, 0.25) is 47.3 Å². The highest BCUT2D eigenvalue weighted by atomic mass is 16.4. The molecular weight excluding hydrogens is 702 g/mol. The van der Waals surface area contributed by atoms with Crippen molar-refractivity contribution in [3.63, 3.8) is 0 Å². The van der Waals surface area contributed by atoms with E-state index >= 15 is 0 Å². The highest BCUT2D eigenvalue weighted by Gasteiger charge is 2.35. The molecule has 300 valence electrons. The van der Waals surface area contributed by atoms with Gasteiger partial charge in [-0.05, 0) is 38.0 Å². The predicted octanol–water partition coefficient (Wildman–Crippen LogP) is -3.83. The van der Waals surface area contributed by atoms with Crippen LogP contribution in [-0.4, -0.2) is 118 Å². The zero-order chi connectivity index (χ0) is 41.3. The minimum absolute atomic E-state index is 0.00955. The molecule has 13 N–H and O–H groups in total. The van der Waals surface area contributed by atoms with E-state index in [1.54, 1.807) is 41.5 Å². The molecule has 8 amide bonds. The number of carbonyl (C=O) groups excluding carboxylic acids is 8. The molecule has 0 bridgehead atoms. The first-order valence-electron chi connectivity index (χ1n) is 16.9. The topological polar surface area (TPSA) is 347 Å². The predicted molar refractivity (Wildman–Crippen MR) is 187 cm³/mol. The van der Waals surface area contributed by atoms with Crippen LogP contribution in [0.3, 0.4) is 0 Å². The molecule has 0 aliphatic rings. The van der Waals surface area contributed by atoms with Crippen LogP contribution in [0.25, 0.3) is 0 Å². The fraction of sp³-hybridized carbons (Fsp3) is 0.688. The lowest BCUT2D eigenvalue weighted by atomic mass is 9.99. The molecule has 0 spiro atoms. The van der Waals surface area contributed by atoms with E-state index in [2.05, 4.69) is 37.2 Å². The second-order valence-corrected chi connectivity index (χ2v) is 13.7. The second-order valence-electron chi connectivity index (χ2n) is 13.7. The first-order chi connectivity index (χ1) is 24.4. The number of carbonyl (C=O) groups is 10. The molecule has 0 saturated carbocycles. The van der Waals surface area contributed by atoms with Gasteiger partial charge in [-0.25, -0.2) is 4.79 Å². The lowest BCUT2D eigenvalue weighted by Gasteiger charge is -2.29. The van der Waals surface area contributed by atoms with Crippen LogP contribution in [-0.2, 0) is 47.9 Å². The maximum Gasteiger partial charge on any atom is 0.326 e. The minimum Gasteiger partial charge on any atom is -0.481 e. The third-order valence-corrected chi connectivity index (χ3v) is 7.47. The van der Waals surface area contributed by atoms with Gasteiger partial charge in [0.25, 0.3) is 0 Å². The van der Waals surface area contributed by atoms with Crippen LogP contribution in [0.2, 0.25) is 0 Å². The summed E-state index contributed by atoms with van der Waals surface area (Å²) in [6.45, 7) is 12.0. The van der Waals surface area contributed by atoms with Crippen LogP contribution >= 0.6 is 0 Å². The minimum atomic E-state index is -1.82. The molecule has 0 radical (unpaired) electrons. The van der Waals surface area contributed by atoms with E-state index in [4.69, 9.17) is 11.5 Å². The average molecular weight is 758 g/mol. The van der Waals surface area contributed by atoms with Crippen LogP contribution in [0.5, 0.6) is 0 Å². The highest BCUT2D eigenvalue weighted by molar-refractivity contribution is 5.99. The Bertz CT molecular complexity index is 1370. The second kappa shape index (κ2) is 22.6. The molecule has 0 saturated heterocycles. The summed E-state index contributed by atoms with van der Waals surface area (Å²) in [5, 5.41) is 35.1. The maximum atomic E-state index is 13.5. The van der Waals surface area contributed by atoms with Crippen LogP contribution < -0.4 is 48.7 Å². The van der Waals surface area contributed by atoms with Crippen molar-refractivity contribution >= 4 is 59.2 Å². The van der Waals surface area contributed by atoms with Crippen molar-refractivity contribution in [3.8, 4) is 0 Å². The molecule has 0 heterocycles. The molecule has 0 fully saturated rings. The number of rotatable bonds is 23. The molecule has 7 atom stereocenters. The fourth-order valence-corrected chi connectivity index (χ4v) is 4.57. The lowest BCUT2D eigenvalue weighted by molar-refractivity contribution is -0.144. The molecule has 0 aliphatic heterocycles. The molecule has 7 unspecified atom stereocenters. The van der Waals surface area contributed by atoms with E-state index in [-0.39, 0.29) is 12.3 Å². The zero-order valence-electron chi connectivity index (χ0n) is 31.2. The van der Waals surface area contributed by atoms with E-state index in [1.807, 2.05) is 0 Å². The van der Waals surface area contributed by atoms with Gasteiger partial charge in [-0.1, -0.05) is 41.5 Å². The molecule has 21 nitrogen and oxygen atoms in total. The third-order valence-electron chi connectivity index (χ3n) is 7.47. The third kappa shape index (κ3) is 18.1. The number of hydrogen-bond donors (Lipinski definition) is 11. The summed E-state index contributed by atoms with van der Waals surface area (Å²) >= 11 is 0. The smallest absolute Gasteiger partial charge is 0.326 e. The molecule has 21 heteroatoms. The number of nitrogens with two attached hydrogens (primary N) is 2. The summed E-state index contributed by atoms with van der Waals surface area (Å²) in [6.07, 6.45) is -1.81. The van der Waals surface area contributed by atoms with Gasteiger partial charge in [0.1, 0.15) is 36.3 Å². The Morgan fingerprint density at radius 2 is 0.981 bits per heavy atom. The maximum absolute atomic E-state index is 13.5. The Morgan fingerprint density at radius 3 is 1.40 bits per heavy atom. The summed E-state index contributed by atoms with van der Waals surface area (Å²) in [6, 6.07) is -9.62. The Balaban J connectivity index is 5.94. The molecule has 0 aromatic carbocycles. The normalized spacial score (nSPS) is 15.0. The van der Waals surface area contributed by atoms with E-state index in [0.29, 0.717) is 0 Å². The van der Waals surface area contributed by atoms with Gasteiger partial charge in [0.15, 0.2) is 0 Å². The molecule has 0 aromatic rings. The van der Waals surface area contributed by atoms with Crippen molar-refractivity contribution in [2.24, 2.45) is 29.2 Å². The quantitative estimate of drug-likeness (QED) is 0.0477. The van der Waals surface area contributed by atoms with Crippen molar-refractivity contribution < 1.29 is 58.2 Å². The molecule has 0 rings (SSSR count). The number of amides is 8. The molecule has 0 aromatic heterocycles. The summed E-state index contributed by atoms with van der Waals surface area (Å²) < 4.78 is 0. The van der Waals surface area contributed by atoms with Crippen molar-refractivity contribution in [1.29, 1.82) is 0 Å². The van der Waals surface area contributed by atoms with Gasteiger partial charge in [-0.2, -0.15) is 0 Å². The molecular formula is C32H55N9O12. The van der Waals surface area contributed by atoms with Gasteiger partial charge in [0, 0.05) is 0 Å². The average Bonchev–Trinajstić information content (AvgIpc) is 3.02. The van der Waals surface area contributed by atoms with Crippen molar-refractivity contribution in [2.45, 2.75) is 117 Å². The van der Waals surface area contributed by atoms with E-state index in [9.17, 15) is 58.2 Å². The van der Waals surface area contributed by atoms with Crippen molar-refractivity contribution in [2.75, 3.05) is 6.54 Å². The summed E-state index contributed by atoms with van der Waals surface area (Å²) in [4.78, 5) is 125. The van der Waals surface area contributed by atoms with Gasteiger partial charge >= 0.3 is 11.9 Å². The Hall–Kier alpha value is -5.34. The Morgan fingerprint density at radius 1 is 0.547 bits per heavy atom. The SMILES string of the molecule is CC(C)CC(NC(=O)C(CC(=O)O)NC(=O)C(CC(N)=O)NC(=O)C(NC(=O)C(NC(=O)C(C)NC(=O)CNC(=O)C(C)N)C(C)C)C(C)C)C(=O)O. The lowest BCUT2D eigenvalue weighted by Crippen LogP contribution is -2.61. The van der Waals surface area contributed by atoms with E-state index in [0.717, 1.165) is 0 Å². The highest BCUT2D eigenvalue weighted by Crippen LogP contribution is 2.10. The number of primary amides is 1. The van der Waals surface area contributed by atoms with Gasteiger partial charge < -0.3 is 58.9 Å². The number of nitrogens with one attached hydrogen (secondary N) is 7. The van der Waals surface area contributed by atoms with E-state index in [1.165, 1.54) is 13.8 Å². The van der Waals surface area contributed by atoms with Crippen LogP contribution in [0, 0.1) is 17.8 Å². The van der Waals surface area contributed by atoms with Crippen LogP contribution in [0.15, 0.2) is 0 Å². The number of aliphatic carboxylic acids is 2. The molecule has 0 aliphatic carbocycles. The monoisotopic (exact) mass is 757 g/mol. The summed E-state index contributed by atoms with van der Waals surface area (Å²) in [7, 11) is 0. The fourth-order valence-electron chi connectivity index (χ4n) is 4.57. The molecule has 53 heavy (non-hydrogen) atoms. The standard InChI is InChI=1S/C32H55N9O12/c1-13(2)9-20(32(52)53)39-29(49)19(11-23(44)45)37-28(48)18(10-21(34)42)38-30(50)24(14(3)4)41-31(51)25(15(5)6)40-27(47)17(8)36-22(43)12-35-26(46)16(7)33/h13-20,24-25H,9-12,33H2,1-8H3,(H2,34,42)(H,35,46)(H,36,43)(H,37,48)(H,38,50)(H,39,49)(H,40,47)(H,41,51)(H,44,45)(H,52,53).